The number of likely N-dealkylation sites (tertiary alicyclic amines) is 1. The Balaban J connectivity index is -0.00000117. The molecule has 22 nitrogen and oxygen atoms in total. The standard InChI is InChI=1S/C38H57N7O12.C5H11NO.C4H10.C3H8.C2H4O.C2H6/c1-23(2)36(52)29(44-34(50)22-56-18-17-55-16-14-40-32(48)13-15-45-35(51)19-24(3)38(45)54)11-12-31(47)41-20-30(57-26(5)46)27-7-9-28(10-8-27)43-37(53)25(4)42-33(49)21-39-6;1-3-5(7)4-6-2;1-3-4-2;1-3-2;1-2-3;1-2/h7-10,23-25,29-30,39H,11-22H2,1-6H3,(H,40,48)(H,41,47)(H,42,49)(H,43,53)(H,44,50);6H,3-4H2,1-2H3;3-4H2,1-2H3;3H2,1-2H3;2H,1H3;1-2H3. The number of nitrogens with zero attached hydrogens (tertiary/aromatic N) is 1. The van der Waals surface area contributed by atoms with Crippen LogP contribution >= 0.6 is 0 Å². The van der Waals surface area contributed by atoms with Gasteiger partial charge in [0, 0.05) is 63.2 Å². The van der Waals surface area contributed by atoms with Crippen molar-refractivity contribution in [3.8, 4) is 0 Å². The van der Waals surface area contributed by atoms with Crippen LogP contribution in [0.4, 0.5) is 5.69 Å². The average Bonchev–Trinajstić information content (AvgIpc) is 3.63. The number of ether oxygens (including phenoxy) is 3. The number of hydrogen-bond acceptors (Lipinski definition) is 16. The van der Waals surface area contributed by atoms with E-state index in [9.17, 15) is 47.9 Å². The molecule has 0 spiro atoms. The van der Waals surface area contributed by atoms with E-state index in [4.69, 9.17) is 19.0 Å². The number of likely N-dealkylation sites (N-methyl/N-ethyl adjacent to an activating group) is 2. The van der Waals surface area contributed by atoms with Crippen molar-refractivity contribution in [1.29, 1.82) is 0 Å². The van der Waals surface area contributed by atoms with Crippen LogP contribution in [-0.4, -0.2) is 155 Å². The van der Waals surface area contributed by atoms with Crippen LogP contribution in [0.5, 0.6) is 0 Å². The van der Waals surface area contributed by atoms with E-state index in [0.717, 1.165) is 11.2 Å². The molecule has 1 aromatic rings. The normalized spacial score (nSPS) is 13.2. The van der Waals surface area contributed by atoms with Gasteiger partial charge in [0.15, 0.2) is 5.78 Å². The molecule has 0 radical (unpaired) electrons. The largest absolute Gasteiger partial charge is 0.456 e. The lowest BCUT2D eigenvalue weighted by Gasteiger charge is -2.21. The van der Waals surface area contributed by atoms with Crippen molar-refractivity contribution in [2.24, 2.45) is 11.8 Å². The Morgan fingerprint density at radius 3 is 1.79 bits per heavy atom. The van der Waals surface area contributed by atoms with Crippen molar-refractivity contribution in [1.82, 2.24) is 36.8 Å². The van der Waals surface area contributed by atoms with Gasteiger partial charge in [-0.25, -0.2) is 0 Å². The minimum Gasteiger partial charge on any atom is -0.456 e. The smallest absolute Gasteiger partial charge is 0.303 e. The van der Waals surface area contributed by atoms with Crippen LogP contribution < -0.4 is 37.2 Å². The fourth-order valence-electron chi connectivity index (χ4n) is 5.83. The quantitative estimate of drug-likeness (QED) is 0.0247. The SMILES string of the molecule is CC.CC=O.CCC.CCC(=O)CNC.CCCC.CNCC(=O)NC(C)C(=O)Nc1ccc(C(CNC(=O)CCC(NC(=O)COCCOCCNC(=O)CCN2C(=O)CC(C)C2=O)C(=O)C(C)C)OC(C)=O)cc1. The van der Waals surface area contributed by atoms with E-state index >= 15 is 0 Å². The predicted octanol–water partition coefficient (Wildman–Crippen LogP) is 4.13. The van der Waals surface area contributed by atoms with Gasteiger partial charge in [0.1, 0.15) is 30.8 Å². The number of unbranched alkanes of at least 4 members (excludes halogenated alkanes) is 1. The molecule has 0 bridgehead atoms. The van der Waals surface area contributed by atoms with Crippen molar-refractivity contribution in [3.05, 3.63) is 29.8 Å². The molecule has 0 aromatic heterocycles. The first-order valence-corrected chi connectivity index (χ1v) is 26.5. The van der Waals surface area contributed by atoms with Gasteiger partial charge in [-0.2, -0.15) is 0 Å². The lowest BCUT2D eigenvalue weighted by molar-refractivity contribution is -0.147. The summed E-state index contributed by atoms with van der Waals surface area (Å²) in [6, 6.07) is 4.68. The molecule has 436 valence electrons. The number of aldehydes is 1. The minimum absolute atomic E-state index is 0.00759. The van der Waals surface area contributed by atoms with Crippen molar-refractivity contribution in [2.75, 3.05) is 78.6 Å². The number of rotatable bonds is 30. The number of nitrogens with one attached hydrogen (secondary N) is 7. The summed E-state index contributed by atoms with van der Waals surface area (Å²) in [5.41, 5.74) is 0.971. The first kappa shape index (κ1) is 76.5. The molecule has 1 aliphatic heterocycles. The monoisotopic (exact) mass is 1080 g/mol. The van der Waals surface area contributed by atoms with E-state index in [1.807, 2.05) is 20.8 Å². The summed E-state index contributed by atoms with van der Waals surface area (Å²) < 4.78 is 16.2. The number of imide groups is 1. The van der Waals surface area contributed by atoms with Crippen molar-refractivity contribution in [2.45, 2.75) is 160 Å². The van der Waals surface area contributed by atoms with E-state index < -0.39 is 47.8 Å². The van der Waals surface area contributed by atoms with Gasteiger partial charge >= 0.3 is 5.97 Å². The minimum atomic E-state index is -0.955. The first-order valence-electron chi connectivity index (χ1n) is 26.5. The first-order chi connectivity index (χ1) is 36.1. The molecule has 76 heavy (non-hydrogen) atoms. The molecule has 1 saturated heterocycles. The van der Waals surface area contributed by atoms with Crippen LogP contribution in [0.15, 0.2) is 24.3 Å². The maximum atomic E-state index is 12.9. The highest BCUT2D eigenvalue weighted by molar-refractivity contribution is 6.03. The lowest BCUT2D eigenvalue weighted by atomic mass is 9.97. The molecular formula is C54H96N8O14. The summed E-state index contributed by atoms with van der Waals surface area (Å²) in [4.78, 5) is 130. The second-order valence-electron chi connectivity index (χ2n) is 17.2. The van der Waals surface area contributed by atoms with Gasteiger partial charge in [-0.1, -0.05) is 101 Å². The maximum absolute atomic E-state index is 12.9. The fourth-order valence-corrected chi connectivity index (χ4v) is 5.83. The molecule has 1 heterocycles. The molecule has 1 aliphatic rings. The highest BCUT2D eigenvalue weighted by Crippen LogP contribution is 2.21. The van der Waals surface area contributed by atoms with Crippen molar-refractivity contribution in [3.63, 3.8) is 0 Å². The number of ketones is 2. The van der Waals surface area contributed by atoms with Gasteiger partial charge in [-0.05, 0) is 52.1 Å². The number of carbonyl (C=O) groups is 11. The Morgan fingerprint density at radius 1 is 0.763 bits per heavy atom. The van der Waals surface area contributed by atoms with Gasteiger partial charge in [0.05, 0.1) is 45.5 Å². The van der Waals surface area contributed by atoms with Gasteiger partial charge in [-0.15, -0.1) is 0 Å². The number of anilines is 1. The second kappa shape index (κ2) is 49.9. The highest BCUT2D eigenvalue weighted by Gasteiger charge is 2.35. The van der Waals surface area contributed by atoms with Crippen molar-refractivity contribution < 1.29 is 67.0 Å². The Morgan fingerprint density at radius 2 is 1.32 bits per heavy atom. The summed E-state index contributed by atoms with van der Waals surface area (Å²) in [6.45, 7) is 24.4. The van der Waals surface area contributed by atoms with Crippen LogP contribution in [0.1, 0.15) is 153 Å². The Labute approximate surface area is 453 Å². The molecule has 4 atom stereocenters. The average molecular weight is 1080 g/mol. The van der Waals surface area contributed by atoms with Crippen LogP contribution in [0.3, 0.4) is 0 Å². The van der Waals surface area contributed by atoms with E-state index in [1.54, 1.807) is 66.1 Å². The summed E-state index contributed by atoms with van der Waals surface area (Å²) in [6.07, 6.45) is 4.45. The van der Waals surface area contributed by atoms with E-state index in [1.165, 1.54) is 33.1 Å². The van der Waals surface area contributed by atoms with Gasteiger partial charge in [0.2, 0.25) is 41.4 Å². The predicted molar refractivity (Wildman–Crippen MR) is 294 cm³/mol. The lowest BCUT2D eigenvalue weighted by Crippen LogP contribution is -2.45. The molecule has 7 N–H and O–H groups in total. The molecule has 1 fully saturated rings. The highest BCUT2D eigenvalue weighted by atomic mass is 16.5. The zero-order chi connectivity index (χ0) is 59.0. The third-order valence-corrected chi connectivity index (χ3v) is 9.83. The maximum Gasteiger partial charge on any atom is 0.303 e. The summed E-state index contributed by atoms with van der Waals surface area (Å²) >= 11 is 0. The fraction of sp³-hybridized carbons (Fsp3) is 0.685. The van der Waals surface area contributed by atoms with Crippen LogP contribution in [0.2, 0.25) is 0 Å². The Bertz CT molecular complexity index is 1830. The van der Waals surface area contributed by atoms with Crippen LogP contribution in [0.25, 0.3) is 0 Å². The molecule has 22 heteroatoms. The molecule has 0 saturated carbocycles. The Kier molecular flexibility index (Phi) is 50.2. The third-order valence-electron chi connectivity index (χ3n) is 9.83. The second-order valence-corrected chi connectivity index (χ2v) is 17.2. The van der Waals surface area contributed by atoms with Gasteiger partial charge in [0.25, 0.3) is 0 Å². The third kappa shape index (κ3) is 40.4. The van der Waals surface area contributed by atoms with E-state index in [0.29, 0.717) is 24.2 Å². The van der Waals surface area contributed by atoms with Crippen LogP contribution in [0, 0.1) is 11.8 Å². The molecule has 1 aromatic carbocycles. The zero-order valence-corrected chi connectivity index (χ0v) is 48.5. The van der Waals surface area contributed by atoms with Gasteiger partial charge < -0.3 is 56.2 Å². The number of Topliss-reactive ketones (excluding diaryl/α,β-unsaturated/α-hetero) is 2. The summed E-state index contributed by atoms with van der Waals surface area (Å²) in [7, 11) is 3.38. The number of amides is 7. The molecule has 7 amide bonds. The molecule has 2 rings (SSSR count). The number of esters is 1. The van der Waals surface area contributed by atoms with E-state index in [2.05, 4.69) is 64.9 Å². The summed E-state index contributed by atoms with van der Waals surface area (Å²) in [5, 5.41) is 18.7. The number of carbonyl (C=O) groups excluding carboxylic acids is 11. The molecule has 4 unspecified atom stereocenters. The molecular weight excluding hydrogens is 985 g/mol. The number of benzene rings is 1. The molecule has 0 aliphatic carbocycles. The topological polar surface area (TPSA) is 303 Å². The zero-order valence-electron chi connectivity index (χ0n) is 48.5. The Hall–Kier alpha value is -5.97. The van der Waals surface area contributed by atoms with E-state index in [-0.39, 0.29) is 119 Å². The van der Waals surface area contributed by atoms with Crippen LogP contribution in [-0.2, 0) is 67.0 Å². The summed E-state index contributed by atoms with van der Waals surface area (Å²) in [5.74, 6) is -4.03. The van der Waals surface area contributed by atoms with Gasteiger partial charge in [-0.3, -0.25) is 52.8 Å². The van der Waals surface area contributed by atoms with Crippen molar-refractivity contribution >= 4 is 70.9 Å². The number of hydrogen-bond donors (Lipinski definition) is 7.